The van der Waals surface area contributed by atoms with Crippen LogP contribution in [0, 0.1) is 0 Å². The van der Waals surface area contributed by atoms with Gasteiger partial charge in [-0.25, -0.2) is 0 Å². The SMILES string of the molecule is CC(CNC(=O)c1n[nH]c2c1CNCC2)N1CCc2ccccc21. The Hall–Kier alpha value is -2.34. The van der Waals surface area contributed by atoms with Crippen molar-refractivity contribution in [3.63, 3.8) is 0 Å². The van der Waals surface area contributed by atoms with E-state index < -0.39 is 0 Å². The predicted octanol–water partition coefficient (Wildman–Crippen LogP) is 1.24. The molecule has 1 amide bonds. The molecule has 126 valence electrons. The Labute approximate surface area is 141 Å². The average molecular weight is 325 g/mol. The summed E-state index contributed by atoms with van der Waals surface area (Å²) in [5.74, 6) is -0.0875. The van der Waals surface area contributed by atoms with Gasteiger partial charge in [0.25, 0.3) is 5.91 Å². The maximum atomic E-state index is 12.5. The fourth-order valence-corrected chi connectivity index (χ4v) is 3.67. The van der Waals surface area contributed by atoms with Crippen molar-refractivity contribution in [3.05, 3.63) is 46.8 Å². The number of rotatable bonds is 4. The van der Waals surface area contributed by atoms with Gasteiger partial charge in [0.15, 0.2) is 5.69 Å². The molecule has 1 aromatic carbocycles. The van der Waals surface area contributed by atoms with E-state index in [4.69, 9.17) is 0 Å². The maximum absolute atomic E-state index is 12.5. The van der Waals surface area contributed by atoms with Crippen LogP contribution in [0.3, 0.4) is 0 Å². The molecule has 2 aromatic rings. The molecule has 6 nitrogen and oxygen atoms in total. The lowest BCUT2D eigenvalue weighted by molar-refractivity contribution is 0.0945. The van der Waals surface area contributed by atoms with Gasteiger partial charge in [0, 0.05) is 55.6 Å². The summed E-state index contributed by atoms with van der Waals surface area (Å²) in [4.78, 5) is 14.9. The lowest BCUT2D eigenvalue weighted by Gasteiger charge is -2.27. The summed E-state index contributed by atoms with van der Waals surface area (Å²) in [6.07, 6.45) is 1.98. The Kier molecular flexibility index (Phi) is 3.98. The Morgan fingerprint density at radius 1 is 1.38 bits per heavy atom. The van der Waals surface area contributed by atoms with Crippen molar-refractivity contribution < 1.29 is 4.79 Å². The molecule has 0 fully saturated rings. The number of nitrogens with one attached hydrogen (secondary N) is 3. The van der Waals surface area contributed by atoms with Crippen LogP contribution in [-0.4, -0.2) is 41.8 Å². The predicted molar refractivity (Wildman–Crippen MR) is 93.3 cm³/mol. The summed E-state index contributed by atoms with van der Waals surface area (Å²) in [5, 5.41) is 13.6. The first-order valence-corrected chi connectivity index (χ1v) is 8.63. The van der Waals surface area contributed by atoms with Crippen LogP contribution in [0.4, 0.5) is 5.69 Å². The number of aromatic nitrogens is 2. The average Bonchev–Trinajstić information content (AvgIpc) is 3.23. The third kappa shape index (κ3) is 2.67. The number of aromatic amines is 1. The Morgan fingerprint density at radius 2 is 2.25 bits per heavy atom. The second-order valence-corrected chi connectivity index (χ2v) is 6.59. The molecule has 0 saturated carbocycles. The second-order valence-electron chi connectivity index (χ2n) is 6.59. The maximum Gasteiger partial charge on any atom is 0.272 e. The Morgan fingerprint density at radius 3 is 3.17 bits per heavy atom. The fourth-order valence-electron chi connectivity index (χ4n) is 3.67. The monoisotopic (exact) mass is 325 g/mol. The van der Waals surface area contributed by atoms with Gasteiger partial charge >= 0.3 is 0 Å². The van der Waals surface area contributed by atoms with Gasteiger partial charge in [0.2, 0.25) is 0 Å². The normalized spacial score (nSPS) is 17.3. The zero-order valence-corrected chi connectivity index (χ0v) is 13.9. The summed E-state index contributed by atoms with van der Waals surface area (Å²) in [6, 6.07) is 8.76. The van der Waals surface area contributed by atoms with E-state index in [9.17, 15) is 4.79 Å². The number of fused-ring (bicyclic) bond motifs is 2. The first kappa shape index (κ1) is 15.2. The number of carbonyl (C=O) groups is 1. The number of carbonyl (C=O) groups excluding carboxylic acids is 1. The lowest BCUT2D eigenvalue weighted by atomic mass is 10.1. The molecule has 1 unspecified atom stereocenters. The molecule has 2 aliphatic rings. The Balaban J connectivity index is 1.40. The number of para-hydroxylation sites is 1. The number of anilines is 1. The van der Waals surface area contributed by atoms with Crippen molar-refractivity contribution in [3.8, 4) is 0 Å². The fraction of sp³-hybridized carbons (Fsp3) is 0.444. The lowest BCUT2D eigenvalue weighted by Crippen LogP contribution is -2.42. The van der Waals surface area contributed by atoms with E-state index in [1.54, 1.807) is 0 Å². The van der Waals surface area contributed by atoms with Crippen molar-refractivity contribution in [1.82, 2.24) is 20.8 Å². The smallest absolute Gasteiger partial charge is 0.272 e. The van der Waals surface area contributed by atoms with Crippen LogP contribution in [0.15, 0.2) is 24.3 Å². The number of H-pyrrole nitrogens is 1. The highest BCUT2D eigenvalue weighted by atomic mass is 16.1. The summed E-state index contributed by atoms with van der Waals surface area (Å²) >= 11 is 0. The summed E-state index contributed by atoms with van der Waals surface area (Å²) < 4.78 is 0. The van der Waals surface area contributed by atoms with Gasteiger partial charge in [0.1, 0.15) is 0 Å². The highest BCUT2D eigenvalue weighted by molar-refractivity contribution is 5.94. The minimum atomic E-state index is -0.0875. The molecule has 6 heteroatoms. The van der Waals surface area contributed by atoms with E-state index >= 15 is 0 Å². The van der Waals surface area contributed by atoms with Crippen LogP contribution in [0.25, 0.3) is 0 Å². The van der Waals surface area contributed by atoms with Crippen LogP contribution >= 0.6 is 0 Å². The molecule has 0 aliphatic carbocycles. The van der Waals surface area contributed by atoms with Gasteiger partial charge < -0.3 is 15.5 Å². The van der Waals surface area contributed by atoms with Gasteiger partial charge in [-0.3, -0.25) is 9.89 Å². The van der Waals surface area contributed by atoms with Crippen LogP contribution in [0.1, 0.15) is 34.2 Å². The van der Waals surface area contributed by atoms with Crippen LogP contribution < -0.4 is 15.5 Å². The van der Waals surface area contributed by atoms with Gasteiger partial charge in [0.05, 0.1) is 0 Å². The standard InChI is InChI=1S/C18H23N5O/c1-12(23-9-7-13-4-2-3-5-16(13)23)10-20-18(24)17-14-11-19-8-6-15(14)21-22-17/h2-5,12,19H,6-11H2,1H3,(H,20,24)(H,21,22). The second kappa shape index (κ2) is 6.28. The summed E-state index contributed by atoms with van der Waals surface area (Å²) in [6.45, 7) is 5.43. The first-order chi connectivity index (χ1) is 11.7. The molecule has 1 aromatic heterocycles. The third-order valence-corrected chi connectivity index (χ3v) is 5.03. The van der Waals surface area contributed by atoms with Gasteiger partial charge in [-0.05, 0) is 25.0 Å². The molecule has 2 aliphatic heterocycles. The van der Waals surface area contributed by atoms with Gasteiger partial charge in [-0.1, -0.05) is 18.2 Å². The highest BCUT2D eigenvalue weighted by Gasteiger charge is 2.25. The third-order valence-electron chi connectivity index (χ3n) is 5.03. The minimum Gasteiger partial charge on any atom is -0.366 e. The zero-order valence-electron chi connectivity index (χ0n) is 13.9. The van der Waals surface area contributed by atoms with E-state index in [0.717, 1.165) is 37.2 Å². The van der Waals surface area contributed by atoms with E-state index in [0.29, 0.717) is 18.8 Å². The minimum absolute atomic E-state index is 0.0875. The topological polar surface area (TPSA) is 73.0 Å². The number of benzene rings is 1. The quantitative estimate of drug-likeness (QED) is 0.791. The van der Waals surface area contributed by atoms with Crippen molar-refractivity contribution in [1.29, 1.82) is 0 Å². The Bertz CT molecular complexity index is 754. The highest BCUT2D eigenvalue weighted by Crippen LogP contribution is 2.28. The molecular weight excluding hydrogens is 302 g/mol. The van der Waals surface area contributed by atoms with Gasteiger partial charge in [-0.2, -0.15) is 5.10 Å². The zero-order chi connectivity index (χ0) is 16.5. The molecule has 0 spiro atoms. The first-order valence-electron chi connectivity index (χ1n) is 8.63. The molecule has 3 N–H and O–H groups in total. The van der Waals surface area contributed by atoms with Crippen molar-refractivity contribution in [2.75, 3.05) is 24.5 Å². The summed E-state index contributed by atoms with van der Waals surface area (Å²) in [5.41, 5.74) is 5.31. The molecule has 0 bridgehead atoms. The number of hydrogen-bond donors (Lipinski definition) is 3. The largest absolute Gasteiger partial charge is 0.366 e. The molecule has 0 radical (unpaired) electrons. The van der Waals surface area contributed by atoms with Crippen molar-refractivity contribution in [2.24, 2.45) is 0 Å². The molecule has 1 atom stereocenters. The molecule has 4 rings (SSSR count). The molecule has 0 saturated heterocycles. The van der Waals surface area contributed by atoms with Crippen LogP contribution in [0.5, 0.6) is 0 Å². The van der Waals surface area contributed by atoms with E-state index in [1.165, 1.54) is 11.3 Å². The van der Waals surface area contributed by atoms with Crippen molar-refractivity contribution >= 4 is 11.6 Å². The van der Waals surface area contributed by atoms with Crippen molar-refractivity contribution in [2.45, 2.75) is 32.4 Å². The van der Waals surface area contributed by atoms with E-state index in [1.807, 2.05) is 0 Å². The molecule has 24 heavy (non-hydrogen) atoms. The van der Waals surface area contributed by atoms with Crippen LogP contribution in [0.2, 0.25) is 0 Å². The summed E-state index contributed by atoms with van der Waals surface area (Å²) in [7, 11) is 0. The number of hydrogen-bond acceptors (Lipinski definition) is 4. The molecular formula is C18H23N5O. The number of amides is 1. The van der Waals surface area contributed by atoms with Gasteiger partial charge in [-0.15, -0.1) is 0 Å². The van der Waals surface area contributed by atoms with E-state index in [-0.39, 0.29) is 11.9 Å². The van der Waals surface area contributed by atoms with E-state index in [2.05, 4.69) is 56.9 Å². The molecule has 3 heterocycles. The number of nitrogens with zero attached hydrogens (tertiary/aromatic N) is 2. The van der Waals surface area contributed by atoms with Crippen LogP contribution in [-0.2, 0) is 19.4 Å².